The van der Waals surface area contributed by atoms with Crippen molar-refractivity contribution in [3.63, 3.8) is 0 Å². The highest BCUT2D eigenvalue weighted by molar-refractivity contribution is 14.1. The third kappa shape index (κ3) is 2.72. The lowest BCUT2D eigenvalue weighted by Gasteiger charge is -2.08. The Bertz CT molecular complexity index is 622. The number of rotatable bonds is 3. The normalized spacial score (nSPS) is 10.6. The minimum atomic E-state index is 0.0117. The van der Waals surface area contributed by atoms with E-state index >= 15 is 0 Å². The van der Waals surface area contributed by atoms with Crippen molar-refractivity contribution in [3.05, 3.63) is 55.8 Å². The van der Waals surface area contributed by atoms with Crippen molar-refractivity contribution in [2.24, 2.45) is 0 Å². The molecule has 2 aromatic rings. The smallest absolute Gasteiger partial charge is 0.267 e. The van der Waals surface area contributed by atoms with E-state index in [1.807, 2.05) is 53.8 Å². The summed E-state index contributed by atoms with van der Waals surface area (Å²) >= 11 is 2.04. The van der Waals surface area contributed by atoms with Gasteiger partial charge in [0.05, 0.1) is 15.6 Å². The number of hydrogen-bond acceptors (Lipinski definition) is 3. The van der Waals surface area contributed by atoms with Crippen LogP contribution < -0.4 is 11.3 Å². The molecule has 94 valence electrons. The molecule has 2 N–H and O–H groups in total. The van der Waals surface area contributed by atoms with Crippen LogP contribution in [0.3, 0.4) is 0 Å². The van der Waals surface area contributed by atoms with Gasteiger partial charge in [-0.15, -0.1) is 0 Å². The van der Waals surface area contributed by atoms with Crippen molar-refractivity contribution < 1.29 is 0 Å². The number of aromatic nitrogens is 2. The summed E-state index contributed by atoms with van der Waals surface area (Å²) in [4.78, 5) is 16.2. The van der Waals surface area contributed by atoms with Crippen LogP contribution in [0.15, 0.2) is 35.4 Å². The van der Waals surface area contributed by atoms with Crippen LogP contribution >= 0.6 is 22.6 Å². The van der Waals surface area contributed by atoms with Gasteiger partial charge in [0.25, 0.3) is 5.56 Å². The number of hydrogen-bond donors (Lipinski definition) is 1. The molecule has 0 amide bonds. The Morgan fingerprint density at radius 1 is 1.39 bits per heavy atom. The summed E-state index contributed by atoms with van der Waals surface area (Å²) < 4.78 is 2.30. The number of aryl methyl sites for hydroxylation is 3. The zero-order valence-corrected chi connectivity index (χ0v) is 12.2. The lowest BCUT2D eigenvalue weighted by Crippen LogP contribution is -2.25. The molecule has 1 aromatic carbocycles. The average Bonchev–Trinajstić information content (AvgIpc) is 2.37. The van der Waals surface area contributed by atoms with Gasteiger partial charge in [-0.25, -0.2) is 4.98 Å². The number of para-hydroxylation sites is 1. The number of nitrogen functional groups attached to an aromatic ring is 1. The summed E-state index contributed by atoms with van der Waals surface area (Å²) in [5.74, 6) is 0. The molecule has 1 aromatic heterocycles. The topological polar surface area (TPSA) is 60.9 Å². The van der Waals surface area contributed by atoms with Gasteiger partial charge in [0.15, 0.2) is 0 Å². The molecule has 4 nitrogen and oxygen atoms in total. The highest BCUT2D eigenvalue weighted by atomic mass is 127. The van der Waals surface area contributed by atoms with Crippen molar-refractivity contribution in [2.75, 3.05) is 5.73 Å². The molecule has 0 fully saturated rings. The molecule has 0 radical (unpaired) electrons. The van der Waals surface area contributed by atoms with Crippen LogP contribution in [0.1, 0.15) is 11.3 Å². The predicted octanol–water partition coefficient (Wildman–Crippen LogP) is 1.98. The maximum Gasteiger partial charge on any atom is 0.267 e. The second-order valence-corrected chi connectivity index (χ2v) is 5.17. The molecule has 0 spiro atoms. The fourth-order valence-corrected chi connectivity index (χ4v) is 2.16. The van der Waals surface area contributed by atoms with Crippen molar-refractivity contribution >= 4 is 28.3 Å². The quantitative estimate of drug-likeness (QED) is 0.677. The maximum atomic E-state index is 12.0. The third-order valence-corrected chi connectivity index (χ3v) is 4.08. The molecule has 2 rings (SSSR count). The molecule has 5 heteroatoms. The van der Waals surface area contributed by atoms with Gasteiger partial charge in [-0.05, 0) is 47.6 Å². The van der Waals surface area contributed by atoms with E-state index in [1.54, 1.807) is 10.9 Å². The van der Waals surface area contributed by atoms with Crippen molar-refractivity contribution in [2.45, 2.75) is 19.9 Å². The van der Waals surface area contributed by atoms with Crippen molar-refractivity contribution in [1.29, 1.82) is 0 Å². The second kappa shape index (κ2) is 5.51. The first-order valence-electron chi connectivity index (χ1n) is 5.64. The first-order valence-corrected chi connectivity index (χ1v) is 6.72. The van der Waals surface area contributed by atoms with E-state index in [2.05, 4.69) is 4.98 Å². The van der Waals surface area contributed by atoms with Crippen molar-refractivity contribution in [3.8, 4) is 0 Å². The Balaban J connectivity index is 2.19. The molecule has 0 unspecified atom stereocenters. The highest BCUT2D eigenvalue weighted by Crippen LogP contribution is 2.11. The van der Waals surface area contributed by atoms with E-state index in [0.29, 0.717) is 10.1 Å². The molecule has 0 aliphatic heterocycles. The molecule has 0 atom stereocenters. The highest BCUT2D eigenvalue weighted by Gasteiger charge is 2.06. The predicted molar refractivity (Wildman–Crippen MR) is 80.5 cm³/mol. The lowest BCUT2D eigenvalue weighted by atomic mass is 10.1. The van der Waals surface area contributed by atoms with Crippen LogP contribution in [0, 0.1) is 10.5 Å². The molecule has 0 aliphatic carbocycles. The summed E-state index contributed by atoms with van der Waals surface area (Å²) in [6, 6.07) is 7.70. The van der Waals surface area contributed by atoms with E-state index in [-0.39, 0.29) is 5.56 Å². The number of nitrogens with two attached hydrogens (primary N) is 1. The van der Waals surface area contributed by atoms with E-state index in [4.69, 9.17) is 5.73 Å². The molecule has 1 heterocycles. The van der Waals surface area contributed by atoms with Crippen LogP contribution in [0.2, 0.25) is 0 Å². The van der Waals surface area contributed by atoms with Gasteiger partial charge in [0, 0.05) is 12.2 Å². The first-order chi connectivity index (χ1) is 8.59. The average molecular weight is 355 g/mol. The standard InChI is InChI=1S/C13H14IN3O/c1-9-12(14)13(18)17(8-16-9)7-6-10-4-2-3-5-11(10)15/h2-5,8H,6-7,15H2,1H3. The summed E-state index contributed by atoms with van der Waals surface area (Å²) in [5, 5.41) is 0. The van der Waals surface area contributed by atoms with Gasteiger partial charge >= 0.3 is 0 Å². The van der Waals surface area contributed by atoms with Crippen molar-refractivity contribution in [1.82, 2.24) is 9.55 Å². The zero-order chi connectivity index (χ0) is 13.1. The molecule has 0 bridgehead atoms. The fourth-order valence-electron chi connectivity index (χ4n) is 1.71. The molecular formula is C13H14IN3O. The second-order valence-electron chi connectivity index (χ2n) is 4.09. The van der Waals surface area contributed by atoms with Gasteiger partial charge in [0.2, 0.25) is 0 Å². The number of nitrogens with zero attached hydrogens (tertiary/aromatic N) is 2. The molecule has 0 aliphatic rings. The van der Waals surface area contributed by atoms with Crippen LogP contribution in [0.25, 0.3) is 0 Å². The maximum absolute atomic E-state index is 12.0. The van der Waals surface area contributed by atoms with Gasteiger partial charge in [0.1, 0.15) is 0 Å². The minimum absolute atomic E-state index is 0.0117. The van der Waals surface area contributed by atoms with Gasteiger partial charge in [-0.1, -0.05) is 18.2 Å². The van der Waals surface area contributed by atoms with E-state index in [9.17, 15) is 4.79 Å². The van der Waals surface area contributed by atoms with Crippen LogP contribution in [0.5, 0.6) is 0 Å². The van der Waals surface area contributed by atoms with E-state index < -0.39 is 0 Å². The number of benzene rings is 1. The molecule has 0 saturated carbocycles. The summed E-state index contributed by atoms with van der Waals surface area (Å²) in [7, 11) is 0. The monoisotopic (exact) mass is 355 g/mol. The third-order valence-electron chi connectivity index (χ3n) is 2.83. The fraction of sp³-hybridized carbons (Fsp3) is 0.231. The van der Waals surface area contributed by atoms with Gasteiger partial charge < -0.3 is 5.73 Å². The molecule has 18 heavy (non-hydrogen) atoms. The number of anilines is 1. The summed E-state index contributed by atoms with van der Waals surface area (Å²) in [5.41, 5.74) is 8.48. The van der Waals surface area contributed by atoms with E-state index in [1.165, 1.54) is 0 Å². The van der Waals surface area contributed by atoms with Crippen LogP contribution in [-0.2, 0) is 13.0 Å². The minimum Gasteiger partial charge on any atom is -0.399 e. The number of halogens is 1. The lowest BCUT2D eigenvalue weighted by molar-refractivity contribution is 0.648. The Morgan fingerprint density at radius 2 is 2.11 bits per heavy atom. The Labute approximate surface area is 119 Å². The van der Waals surface area contributed by atoms with Crippen LogP contribution in [-0.4, -0.2) is 9.55 Å². The Morgan fingerprint density at radius 3 is 2.83 bits per heavy atom. The zero-order valence-electron chi connectivity index (χ0n) is 10.1. The van der Waals surface area contributed by atoms with Gasteiger partial charge in [-0.2, -0.15) is 0 Å². The first kappa shape index (κ1) is 13.1. The molecule has 0 saturated heterocycles. The van der Waals surface area contributed by atoms with Crippen LogP contribution in [0.4, 0.5) is 5.69 Å². The Hall–Kier alpha value is -1.37. The summed E-state index contributed by atoms with van der Waals surface area (Å²) in [6.07, 6.45) is 2.33. The molecular weight excluding hydrogens is 341 g/mol. The largest absolute Gasteiger partial charge is 0.399 e. The Kier molecular flexibility index (Phi) is 4.00. The van der Waals surface area contributed by atoms with Gasteiger partial charge in [-0.3, -0.25) is 9.36 Å². The SMILES string of the molecule is Cc1ncn(CCc2ccccc2N)c(=O)c1I. The summed E-state index contributed by atoms with van der Waals surface area (Å²) in [6.45, 7) is 2.43. The van der Waals surface area contributed by atoms with E-state index in [0.717, 1.165) is 23.4 Å².